The lowest BCUT2D eigenvalue weighted by atomic mass is 10.2. The summed E-state index contributed by atoms with van der Waals surface area (Å²) in [6.07, 6.45) is -0.488. The highest BCUT2D eigenvalue weighted by atomic mass is 32.2. The summed E-state index contributed by atoms with van der Waals surface area (Å²) in [7, 11) is -6.71. The van der Waals surface area contributed by atoms with Crippen LogP contribution in [0.15, 0.2) is 28.5 Å². The highest BCUT2D eigenvalue weighted by molar-refractivity contribution is 7.92. The van der Waals surface area contributed by atoms with Crippen LogP contribution in [-0.2, 0) is 19.4 Å². The number of benzene rings is 1. The number of sulfonamides is 1. The highest BCUT2D eigenvalue weighted by Crippen LogP contribution is 2.31. The van der Waals surface area contributed by atoms with Crippen LogP contribution < -0.4 is 10.0 Å². The molecule has 7 nitrogen and oxygen atoms in total. The quantitative estimate of drug-likeness (QED) is 0.710. The molecule has 0 saturated carbocycles. The van der Waals surface area contributed by atoms with Crippen molar-refractivity contribution in [2.24, 2.45) is 0 Å². The van der Waals surface area contributed by atoms with Crippen molar-refractivity contribution >= 4 is 51.1 Å². The van der Waals surface area contributed by atoms with Gasteiger partial charge in [-0.15, -0.1) is 11.3 Å². The topological polar surface area (TPSA) is 113 Å². The van der Waals surface area contributed by atoms with E-state index in [4.69, 9.17) is 4.89 Å². The van der Waals surface area contributed by atoms with Crippen molar-refractivity contribution < 1.29 is 22.7 Å². The molecule has 0 aliphatic heterocycles. The lowest BCUT2D eigenvalue weighted by Gasteiger charge is -2.01. The van der Waals surface area contributed by atoms with Gasteiger partial charge in [0.1, 0.15) is 4.21 Å². The Labute approximate surface area is 125 Å². The van der Waals surface area contributed by atoms with Gasteiger partial charge in [-0.05, 0) is 29.7 Å². The van der Waals surface area contributed by atoms with Crippen molar-refractivity contribution in [3.63, 3.8) is 0 Å². The molecule has 0 spiro atoms. The van der Waals surface area contributed by atoms with Gasteiger partial charge in [0.2, 0.25) is 13.9 Å². The molecule has 0 bridgehead atoms. The first-order chi connectivity index (χ1) is 9.78. The lowest BCUT2D eigenvalue weighted by Crippen LogP contribution is -2.22. The van der Waals surface area contributed by atoms with E-state index in [9.17, 15) is 17.8 Å². The number of rotatable bonds is 5. The van der Waals surface area contributed by atoms with E-state index in [1.165, 1.54) is 13.0 Å². The molecule has 1 heterocycles. The molecule has 0 aliphatic carbocycles. The second kappa shape index (κ2) is 6.25. The van der Waals surface area contributed by atoms with Gasteiger partial charge >= 0.3 is 0 Å². The molecule has 1 amide bonds. The molecular weight excluding hydrogens is 335 g/mol. The number of fused-ring (bicyclic) bond motifs is 1. The minimum Gasteiger partial charge on any atom is -0.345 e. The second-order valence-corrected chi connectivity index (χ2v) is 8.44. The van der Waals surface area contributed by atoms with Crippen molar-refractivity contribution in [1.82, 2.24) is 4.72 Å². The van der Waals surface area contributed by atoms with Gasteiger partial charge in [-0.25, -0.2) is 13.1 Å². The molecule has 3 N–H and O–H groups in total. The molecule has 1 unspecified atom stereocenters. The van der Waals surface area contributed by atoms with Crippen LogP contribution in [0, 0.1) is 0 Å². The summed E-state index contributed by atoms with van der Waals surface area (Å²) in [5.41, 5.74) is 0.574. The van der Waals surface area contributed by atoms with E-state index in [2.05, 4.69) is 10.0 Å². The van der Waals surface area contributed by atoms with Gasteiger partial charge in [0.15, 0.2) is 0 Å². The Morgan fingerprint density at radius 1 is 1.38 bits per heavy atom. The fraction of sp³-hybridized carbons (Fsp3) is 0.182. The molecule has 1 aromatic carbocycles. The maximum atomic E-state index is 12.0. The molecule has 0 aliphatic rings. The Hall–Kier alpha value is -1.25. The number of carbonyl (C=O) groups excluding carboxylic acids is 1. The van der Waals surface area contributed by atoms with Gasteiger partial charge in [0, 0.05) is 17.3 Å². The third-order valence-corrected chi connectivity index (χ3v) is 6.22. The van der Waals surface area contributed by atoms with Crippen LogP contribution in [-0.4, -0.2) is 25.5 Å². The monoisotopic (exact) mass is 348 g/mol. The average molecular weight is 348 g/mol. The Balaban J connectivity index is 2.34. The first-order valence-corrected chi connectivity index (χ1v) is 9.67. The van der Waals surface area contributed by atoms with E-state index in [0.29, 0.717) is 11.1 Å². The van der Waals surface area contributed by atoms with Crippen LogP contribution in [0.5, 0.6) is 0 Å². The Morgan fingerprint density at radius 2 is 2.10 bits per heavy atom. The molecule has 0 radical (unpaired) electrons. The molecule has 1 atom stereocenters. The standard InChI is InChI=1S/C11H13N2O5PS2/c1-7(14)13-9-2-3-10-8(4-9)5-11(20-10)21(17,18)12-6-19(15)16/h2-5,12,19H,6H2,1H3,(H,13,14)(H,15,16). The Bertz CT molecular complexity index is 815. The van der Waals surface area contributed by atoms with E-state index in [1.807, 2.05) is 0 Å². The normalized spacial score (nSPS) is 13.2. The summed E-state index contributed by atoms with van der Waals surface area (Å²) in [6.45, 7) is 1.38. The predicted octanol–water partition coefficient (Wildman–Crippen LogP) is 1.56. The Morgan fingerprint density at radius 3 is 2.71 bits per heavy atom. The second-order valence-electron chi connectivity index (χ2n) is 4.22. The van der Waals surface area contributed by atoms with Gasteiger partial charge < -0.3 is 10.2 Å². The van der Waals surface area contributed by atoms with E-state index >= 15 is 0 Å². The first-order valence-electron chi connectivity index (χ1n) is 5.80. The summed E-state index contributed by atoms with van der Waals surface area (Å²) < 4.78 is 37.4. The number of hydrogen-bond donors (Lipinski definition) is 3. The molecule has 114 valence electrons. The molecule has 21 heavy (non-hydrogen) atoms. The minimum atomic E-state index is -3.81. The minimum absolute atomic E-state index is 0.0562. The smallest absolute Gasteiger partial charge is 0.250 e. The number of thiophene rings is 1. The van der Waals surface area contributed by atoms with Gasteiger partial charge in [-0.1, -0.05) is 0 Å². The maximum Gasteiger partial charge on any atom is 0.250 e. The van der Waals surface area contributed by atoms with Crippen LogP contribution in [0.1, 0.15) is 6.92 Å². The fourth-order valence-electron chi connectivity index (χ4n) is 1.66. The van der Waals surface area contributed by atoms with Gasteiger partial charge in [0.05, 0.1) is 6.29 Å². The fourth-order valence-corrected chi connectivity index (χ4v) is 5.00. The van der Waals surface area contributed by atoms with E-state index < -0.39 is 24.3 Å². The van der Waals surface area contributed by atoms with E-state index in [-0.39, 0.29) is 10.1 Å². The molecule has 2 rings (SSSR count). The van der Waals surface area contributed by atoms with Crippen LogP contribution >= 0.6 is 19.4 Å². The predicted molar refractivity (Wildman–Crippen MR) is 82.5 cm³/mol. The van der Waals surface area contributed by atoms with Crippen LogP contribution in [0.3, 0.4) is 0 Å². The third-order valence-electron chi connectivity index (χ3n) is 2.49. The number of nitrogens with one attached hydrogen (secondary N) is 2. The zero-order valence-corrected chi connectivity index (χ0v) is 13.5. The zero-order valence-electron chi connectivity index (χ0n) is 10.9. The lowest BCUT2D eigenvalue weighted by molar-refractivity contribution is -0.114. The van der Waals surface area contributed by atoms with Crippen molar-refractivity contribution in [2.75, 3.05) is 11.6 Å². The van der Waals surface area contributed by atoms with Crippen LogP contribution in [0.25, 0.3) is 10.1 Å². The van der Waals surface area contributed by atoms with Crippen molar-refractivity contribution in [3.05, 3.63) is 24.3 Å². The maximum absolute atomic E-state index is 12.0. The molecule has 2 aromatic rings. The summed E-state index contributed by atoms with van der Waals surface area (Å²) in [5.74, 6) is -0.216. The molecule has 0 saturated heterocycles. The van der Waals surface area contributed by atoms with Crippen molar-refractivity contribution in [2.45, 2.75) is 11.1 Å². The molecule has 10 heteroatoms. The molecule has 1 aromatic heterocycles. The summed E-state index contributed by atoms with van der Waals surface area (Å²) >= 11 is 1.05. The number of carbonyl (C=O) groups is 1. The van der Waals surface area contributed by atoms with Crippen LogP contribution in [0.4, 0.5) is 5.69 Å². The van der Waals surface area contributed by atoms with Crippen LogP contribution in [0.2, 0.25) is 0 Å². The highest BCUT2D eigenvalue weighted by Gasteiger charge is 2.18. The largest absolute Gasteiger partial charge is 0.345 e. The van der Waals surface area contributed by atoms with Gasteiger partial charge in [-0.2, -0.15) is 0 Å². The molecule has 0 fully saturated rings. The van der Waals surface area contributed by atoms with E-state index in [1.54, 1.807) is 18.2 Å². The number of hydrogen-bond acceptors (Lipinski definition) is 5. The van der Waals surface area contributed by atoms with Gasteiger partial charge in [0.25, 0.3) is 10.0 Å². The summed E-state index contributed by atoms with van der Waals surface area (Å²) in [6, 6.07) is 6.51. The average Bonchev–Trinajstić information content (AvgIpc) is 2.79. The molecular formula is C11H13N2O5PS2. The number of anilines is 1. The third kappa shape index (κ3) is 4.12. The first kappa shape index (κ1) is 16.1. The van der Waals surface area contributed by atoms with Crippen molar-refractivity contribution in [1.29, 1.82) is 0 Å². The number of amides is 1. The van der Waals surface area contributed by atoms with Crippen molar-refractivity contribution in [3.8, 4) is 0 Å². The van der Waals surface area contributed by atoms with Gasteiger partial charge in [-0.3, -0.25) is 9.36 Å². The summed E-state index contributed by atoms with van der Waals surface area (Å²) in [4.78, 5) is 19.7. The summed E-state index contributed by atoms with van der Waals surface area (Å²) in [5, 5.41) is 3.29. The SMILES string of the molecule is CC(=O)Nc1ccc2sc(S(=O)(=O)NC[PH](=O)O)cc2c1. The van der Waals surface area contributed by atoms with E-state index in [0.717, 1.165) is 16.0 Å². The zero-order chi connectivity index (χ0) is 15.6. The Kier molecular flexibility index (Phi) is 4.80.